The monoisotopic (exact) mass is 474 g/mol. The molecule has 2 aliphatic heterocycles. The zero-order valence-electron chi connectivity index (χ0n) is 18.8. The summed E-state index contributed by atoms with van der Waals surface area (Å²) in [6, 6.07) is 13.2. The van der Waals surface area contributed by atoms with Crippen molar-refractivity contribution in [2.24, 2.45) is 0 Å². The Morgan fingerprint density at radius 1 is 0.912 bits per heavy atom. The van der Waals surface area contributed by atoms with Gasteiger partial charge in [0.05, 0.1) is 31.0 Å². The molecule has 0 spiro atoms. The molecule has 0 aliphatic carbocycles. The minimum Gasteiger partial charge on any atom is -0.435 e. The molecule has 2 amide bonds. The maximum Gasteiger partial charge on any atom is 0.387 e. The predicted octanol–water partition coefficient (Wildman–Crippen LogP) is 2.65. The number of rotatable bonds is 7. The fourth-order valence-corrected chi connectivity index (χ4v) is 4.03. The highest BCUT2D eigenvalue weighted by atomic mass is 19.3. The summed E-state index contributed by atoms with van der Waals surface area (Å²) in [4.78, 5) is 31.5. The first kappa shape index (κ1) is 23.9. The molecular weight excluding hydrogens is 446 g/mol. The lowest BCUT2D eigenvalue weighted by Gasteiger charge is -2.36. The third kappa shape index (κ3) is 6.21. The van der Waals surface area contributed by atoms with Gasteiger partial charge in [-0.05, 0) is 36.4 Å². The molecule has 2 fully saturated rings. The fourth-order valence-electron chi connectivity index (χ4n) is 4.03. The standard InChI is InChI=1S/C24H28F2N4O4/c25-24(26)34-19-7-5-18(6-8-19)27-21-4-2-1-3-20(21)23(32)30-11-9-29(10-12-30)22(31)17-28-13-15-33-16-14-28/h1-8,24,27H,9-17H2. The molecule has 2 aliphatic rings. The number of halogens is 2. The summed E-state index contributed by atoms with van der Waals surface area (Å²) in [6.07, 6.45) is 0. The number of alkyl halides is 2. The van der Waals surface area contributed by atoms with Crippen molar-refractivity contribution in [2.45, 2.75) is 6.61 Å². The molecule has 2 heterocycles. The highest BCUT2D eigenvalue weighted by Crippen LogP contribution is 2.25. The minimum atomic E-state index is -2.88. The Hall–Kier alpha value is -3.24. The van der Waals surface area contributed by atoms with Crippen LogP contribution in [0.5, 0.6) is 5.75 Å². The molecule has 0 atom stereocenters. The predicted molar refractivity (Wildman–Crippen MR) is 123 cm³/mol. The van der Waals surface area contributed by atoms with E-state index in [2.05, 4.69) is 15.0 Å². The molecular formula is C24H28F2N4O4. The normalized spacial score (nSPS) is 17.0. The average molecular weight is 475 g/mol. The SMILES string of the molecule is O=C(CN1CCOCC1)N1CCN(C(=O)c2ccccc2Nc2ccc(OC(F)F)cc2)CC1. The van der Waals surface area contributed by atoms with E-state index in [4.69, 9.17) is 4.74 Å². The van der Waals surface area contributed by atoms with Gasteiger partial charge >= 0.3 is 6.61 Å². The van der Waals surface area contributed by atoms with E-state index in [-0.39, 0.29) is 17.6 Å². The van der Waals surface area contributed by atoms with Crippen molar-refractivity contribution in [1.29, 1.82) is 0 Å². The summed E-state index contributed by atoms with van der Waals surface area (Å²) in [6.45, 7) is 2.23. The zero-order chi connectivity index (χ0) is 23.9. The quantitative estimate of drug-likeness (QED) is 0.665. The molecule has 2 aromatic rings. The summed E-state index contributed by atoms with van der Waals surface area (Å²) in [5.74, 6) is 0.0160. The van der Waals surface area contributed by atoms with Crippen LogP contribution in [0.1, 0.15) is 10.4 Å². The largest absolute Gasteiger partial charge is 0.435 e. The summed E-state index contributed by atoms with van der Waals surface area (Å²) < 4.78 is 34.4. The van der Waals surface area contributed by atoms with E-state index in [1.165, 1.54) is 12.1 Å². The van der Waals surface area contributed by atoms with Gasteiger partial charge in [0.2, 0.25) is 5.91 Å². The third-order valence-corrected chi connectivity index (χ3v) is 5.90. The highest BCUT2D eigenvalue weighted by molar-refractivity contribution is 6.00. The third-order valence-electron chi connectivity index (χ3n) is 5.90. The van der Waals surface area contributed by atoms with Gasteiger partial charge in [-0.3, -0.25) is 14.5 Å². The Labute approximate surface area is 197 Å². The maximum absolute atomic E-state index is 13.2. The van der Waals surface area contributed by atoms with Gasteiger partial charge in [-0.2, -0.15) is 8.78 Å². The second-order valence-corrected chi connectivity index (χ2v) is 8.13. The van der Waals surface area contributed by atoms with Gasteiger partial charge in [0.25, 0.3) is 5.91 Å². The number of ether oxygens (including phenoxy) is 2. The molecule has 34 heavy (non-hydrogen) atoms. The van der Waals surface area contributed by atoms with Crippen LogP contribution >= 0.6 is 0 Å². The Kier molecular flexibility index (Phi) is 7.91. The maximum atomic E-state index is 13.2. The van der Waals surface area contributed by atoms with Crippen molar-refractivity contribution in [3.05, 3.63) is 54.1 Å². The zero-order valence-corrected chi connectivity index (χ0v) is 18.8. The van der Waals surface area contributed by atoms with Gasteiger partial charge in [0.15, 0.2) is 0 Å². The number of morpholine rings is 1. The summed E-state index contributed by atoms with van der Waals surface area (Å²) in [5, 5.41) is 3.17. The van der Waals surface area contributed by atoms with Crippen molar-refractivity contribution in [2.75, 3.05) is 64.3 Å². The number of para-hydroxylation sites is 1. The van der Waals surface area contributed by atoms with Crippen molar-refractivity contribution in [3.8, 4) is 5.75 Å². The summed E-state index contributed by atoms with van der Waals surface area (Å²) >= 11 is 0. The lowest BCUT2D eigenvalue weighted by atomic mass is 10.1. The molecule has 0 radical (unpaired) electrons. The molecule has 8 nitrogen and oxygen atoms in total. The van der Waals surface area contributed by atoms with Crippen molar-refractivity contribution in [3.63, 3.8) is 0 Å². The summed E-state index contributed by atoms with van der Waals surface area (Å²) in [7, 11) is 0. The number of piperazine rings is 1. The van der Waals surface area contributed by atoms with Crippen LogP contribution in [0.3, 0.4) is 0 Å². The highest BCUT2D eigenvalue weighted by Gasteiger charge is 2.27. The van der Waals surface area contributed by atoms with Crippen LogP contribution in [0.2, 0.25) is 0 Å². The Balaban J connectivity index is 1.34. The van der Waals surface area contributed by atoms with E-state index in [0.29, 0.717) is 62.9 Å². The van der Waals surface area contributed by atoms with Gasteiger partial charge in [-0.1, -0.05) is 12.1 Å². The number of anilines is 2. The van der Waals surface area contributed by atoms with Crippen LogP contribution in [-0.4, -0.2) is 92.2 Å². The van der Waals surface area contributed by atoms with Crippen molar-refractivity contribution < 1.29 is 27.8 Å². The van der Waals surface area contributed by atoms with Crippen LogP contribution in [0.4, 0.5) is 20.2 Å². The van der Waals surface area contributed by atoms with Crippen LogP contribution in [0.25, 0.3) is 0 Å². The van der Waals surface area contributed by atoms with E-state index < -0.39 is 6.61 Å². The van der Waals surface area contributed by atoms with E-state index in [0.717, 1.165) is 13.1 Å². The first-order chi connectivity index (χ1) is 16.5. The lowest BCUT2D eigenvalue weighted by molar-refractivity contribution is -0.134. The Morgan fingerprint density at radius 2 is 1.56 bits per heavy atom. The van der Waals surface area contributed by atoms with Crippen molar-refractivity contribution >= 4 is 23.2 Å². The number of nitrogens with one attached hydrogen (secondary N) is 1. The van der Waals surface area contributed by atoms with Crippen molar-refractivity contribution in [1.82, 2.24) is 14.7 Å². The molecule has 0 aromatic heterocycles. The Bertz CT molecular complexity index is 975. The number of carbonyl (C=O) groups is 2. The second-order valence-electron chi connectivity index (χ2n) is 8.13. The number of hydrogen-bond acceptors (Lipinski definition) is 6. The molecule has 10 heteroatoms. The topological polar surface area (TPSA) is 74.4 Å². The van der Waals surface area contributed by atoms with E-state index in [1.54, 1.807) is 35.2 Å². The van der Waals surface area contributed by atoms with Crippen LogP contribution in [-0.2, 0) is 9.53 Å². The van der Waals surface area contributed by atoms with Crippen LogP contribution < -0.4 is 10.1 Å². The lowest BCUT2D eigenvalue weighted by Crippen LogP contribution is -2.53. The first-order valence-corrected chi connectivity index (χ1v) is 11.3. The molecule has 0 bridgehead atoms. The van der Waals surface area contributed by atoms with Crippen LogP contribution in [0, 0.1) is 0 Å². The molecule has 2 aromatic carbocycles. The smallest absolute Gasteiger partial charge is 0.387 e. The number of carbonyl (C=O) groups excluding carboxylic acids is 2. The second kappa shape index (κ2) is 11.3. The van der Waals surface area contributed by atoms with Gasteiger partial charge in [-0.25, -0.2) is 0 Å². The van der Waals surface area contributed by atoms with Gasteiger partial charge in [0.1, 0.15) is 5.75 Å². The van der Waals surface area contributed by atoms with Gasteiger partial charge in [-0.15, -0.1) is 0 Å². The molecule has 0 unspecified atom stereocenters. The Morgan fingerprint density at radius 3 is 2.24 bits per heavy atom. The molecule has 1 N–H and O–H groups in total. The molecule has 4 rings (SSSR count). The van der Waals surface area contributed by atoms with Gasteiger partial charge < -0.3 is 24.6 Å². The number of benzene rings is 2. The molecule has 2 saturated heterocycles. The van der Waals surface area contributed by atoms with E-state index in [1.807, 2.05) is 11.0 Å². The summed E-state index contributed by atoms with van der Waals surface area (Å²) in [5.41, 5.74) is 1.75. The van der Waals surface area contributed by atoms with E-state index in [9.17, 15) is 18.4 Å². The molecule has 0 saturated carbocycles. The number of amides is 2. The fraction of sp³-hybridized carbons (Fsp3) is 0.417. The minimum absolute atomic E-state index is 0.0611. The number of hydrogen-bond donors (Lipinski definition) is 1. The van der Waals surface area contributed by atoms with E-state index >= 15 is 0 Å². The number of nitrogens with zero attached hydrogens (tertiary/aromatic N) is 3. The molecule has 182 valence electrons. The van der Waals surface area contributed by atoms with Gasteiger partial charge in [0, 0.05) is 45.0 Å². The average Bonchev–Trinajstić information content (AvgIpc) is 2.85. The first-order valence-electron chi connectivity index (χ1n) is 11.3. The van der Waals surface area contributed by atoms with Crippen LogP contribution in [0.15, 0.2) is 48.5 Å².